The number of hydrogen-bond donors (Lipinski definition) is 1. The predicted octanol–water partition coefficient (Wildman–Crippen LogP) is 2.68. The molecule has 1 N–H and O–H groups in total. The van der Waals surface area contributed by atoms with E-state index in [1.165, 1.54) is 0 Å². The van der Waals surface area contributed by atoms with Gasteiger partial charge >= 0.3 is 5.97 Å². The van der Waals surface area contributed by atoms with E-state index in [9.17, 15) is 9.59 Å². The van der Waals surface area contributed by atoms with Crippen LogP contribution in [0.4, 0.5) is 0 Å². The molecule has 0 radical (unpaired) electrons. The zero-order valence-corrected chi connectivity index (χ0v) is 13.8. The molecule has 0 aliphatic rings. The van der Waals surface area contributed by atoms with Crippen molar-refractivity contribution in [1.29, 1.82) is 0 Å². The number of methoxy groups -OCH3 is 1. The van der Waals surface area contributed by atoms with E-state index in [1.54, 1.807) is 32.2 Å². The molecule has 1 amide bonds. The Morgan fingerprint density at radius 3 is 2.70 bits per heavy atom. The maximum atomic E-state index is 12.1. The standard InChI is InChI=1S/C17H21NO5/c1-10(2)8-18-15(19)9-22-17(20)16-11(3)13-7-12(21-4)5-6-14(13)23-16/h5-7,10H,8-9H2,1-4H3,(H,18,19). The largest absolute Gasteiger partial charge is 0.497 e. The van der Waals surface area contributed by atoms with Crippen molar-refractivity contribution in [3.05, 3.63) is 29.5 Å². The van der Waals surface area contributed by atoms with Gasteiger partial charge < -0.3 is 19.2 Å². The first-order valence-corrected chi connectivity index (χ1v) is 7.43. The Morgan fingerprint density at radius 1 is 1.30 bits per heavy atom. The summed E-state index contributed by atoms with van der Waals surface area (Å²) in [6.45, 7) is 5.95. The van der Waals surface area contributed by atoms with E-state index in [-0.39, 0.29) is 18.3 Å². The molecule has 2 aromatic rings. The van der Waals surface area contributed by atoms with Crippen LogP contribution < -0.4 is 10.1 Å². The van der Waals surface area contributed by atoms with Crippen LogP contribution in [-0.4, -0.2) is 32.1 Å². The van der Waals surface area contributed by atoms with Gasteiger partial charge in [0.05, 0.1) is 7.11 Å². The number of carbonyl (C=O) groups is 2. The van der Waals surface area contributed by atoms with Gasteiger partial charge in [0, 0.05) is 17.5 Å². The zero-order valence-electron chi connectivity index (χ0n) is 13.8. The Bertz CT molecular complexity index is 717. The minimum Gasteiger partial charge on any atom is -0.497 e. The van der Waals surface area contributed by atoms with Crippen LogP contribution in [0.25, 0.3) is 11.0 Å². The molecular formula is C17H21NO5. The first-order chi connectivity index (χ1) is 10.9. The number of furan rings is 1. The highest BCUT2D eigenvalue weighted by Crippen LogP contribution is 2.29. The Balaban J connectivity index is 2.06. The Morgan fingerprint density at radius 2 is 2.04 bits per heavy atom. The average Bonchev–Trinajstić information content (AvgIpc) is 2.87. The molecule has 0 fully saturated rings. The van der Waals surface area contributed by atoms with E-state index in [0.717, 1.165) is 5.39 Å². The van der Waals surface area contributed by atoms with Crippen LogP contribution in [-0.2, 0) is 9.53 Å². The molecule has 0 aliphatic carbocycles. The molecule has 6 heteroatoms. The summed E-state index contributed by atoms with van der Waals surface area (Å²) >= 11 is 0. The summed E-state index contributed by atoms with van der Waals surface area (Å²) in [4.78, 5) is 23.7. The first-order valence-electron chi connectivity index (χ1n) is 7.43. The quantitative estimate of drug-likeness (QED) is 0.828. The smallest absolute Gasteiger partial charge is 0.375 e. The molecule has 0 bridgehead atoms. The molecule has 1 aromatic heterocycles. The summed E-state index contributed by atoms with van der Waals surface area (Å²) < 4.78 is 15.7. The van der Waals surface area contributed by atoms with Crippen molar-refractivity contribution in [1.82, 2.24) is 5.32 Å². The minimum absolute atomic E-state index is 0.102. The number of aryl methyl sites for hydroxylation is 1. The van der Waals surface area contributed by atoms with E-state index >= 15 is 0 Å². The van der Waals surface area contributed by atoms with Crippen LogP contribution in [0, 0.1) is 12.8 Å². The molecule has 6 nitrogen and oxygen atoms in total. The number of amides is 1. The molecule has 2 rings (SSSR count). The van der Waals surface area contributed by atoms with Crippen LogP contribution in [0.5, 0.6) is 5.75 Å². The third-order valence-electron chi connectivity index (χ3n) is 3.37. The van der Waals surface area contributed by atoms with Crippen LogP contribution in [0.15, 0.2) is 22.6 Å². The average molecular weight is 319 g/mol. The predicted molar refractivity (Wildman–Crippen MR) is 85.6 cm³/mol. The van der Waals surface area contributed by atoms with Crippen LogP contribution in [0.3, 0.4) is 0 Å². The van der Waals surface area contributed by atoms with Crippen LogP contribution in [0.1, 0.15) is 30.0 Å². The molecule has 0 saturated carbocycles. The summed E-state index contributed by atoms with van der Waals surface area (Å²) in [6, 6.07) is 5.27. The van der Waals surface area contributed by atoms with Gasteiger partial charge in [-0.2, -0.15) is 0 Å². The number of nitrogens with one attached hydrogen (secondary N) is 1. The number of fused-ring (bicyclic) bond motifs is 1. The van der Waals surface area contributed by atoms with Crippen molar-refractivity contribution in [2.24, 2.45) is 5.92 Å². The number of esters is 1. The summed E-state index contributed by atoms with van der Waals surface area (Å²) in [6.07, 6.45) is 0. The molecule has 0 saturated heterocycles. The van der Waals surface area contributed by atoms with Gasteiger partial charge in [0.2, 0.25) is 5.76 Å². The second-order valence-electron chi connectivity index (χ2n) is 5.69. The molecule has 1 heterocycles. The van der Waals surface area contributed by atoms with E-state index in [1.807, 2.05) is 13.8 Å². The lowest BCUT2D eigenvalue weighted by molar-refractivity contribution is -0.124. The number of carbonyl (C=O) groups excluding carboxylic acids is 2. The maximum Gasteiger partial charge on any atom is 0.375 e. The van der Waals surface area contributed by atoms with Gasteiger partial charge in [-0.3, -0.25) is 4.79 Å². The van der Waals surface area contributed by atoms with Gasteiger partial charge in [0.1, 0.15) is 11.3 Å². The Hall–Kier alpha value is -2.50. The van der Waals surface area contributed by atoms with Gasteiger partial charge in [0.25, 0.3) is 5.91 Å². The number of rotatable bonds is 6. The highest BCUT2D eigenvalue weighted by Gasteiger charge is 2.20. The maximum absolute atomic E-state index is 12.1. The van der Waals surface area contributed by atoms with Gasteiger partial charge in [-0.1, -0.05) is 13.8 Å². The molecular weight excluding hydrogens is 298 g/mol. The van der Waals surface area contributed by atoms with Crippen molar-refractivity contribution in [3.8, 4) is 5.75 Å². The fourth-order valence-corrected chi connectivity index (χ4v) is 2.09. The lowest BCUT2D eigenvalue weighted by atomic mass is 10.1. The fraction of sp³-hybridized carbons (Fsp3) is 0.412. The SMILES string of the molecule is COc1ccc2oc(C(=O)OCC(=O)NCC(C)C)c(C)c2c1. The third kappa shape index (κ3) is 4.03. The van der Waals surface area contributed by atoms with E-state index < -0.39 is 5.97 Å². The van der Waals surface area contributed by atoms with Gasteiger partial charge in [-0.05, 0) is 31.0 Å². The van der Waals surface area contributed by atoms with Crippen molar-refractivity contribution in [2.45, 2.75) is 20.8 Å². The Kier molecular flexibility index (Phi) is 5.26. The molecule has 1 aromatic carbocycles. The molecule has 0 aliphatic heterocycles. The second kappa shape index (κ2) is 7.17. The summed E-state index contributed by atoms with van der Waals surface area (Å²) in [7, 11) is 1.57. The number of hydrogen-bond acceptors (Lipinski definition) is 5. The number of benzene rings is 1. The van der Waals surface area contributed by atoms with Crippen molar-refractivity contribution in [2.75, 3.05) is 20.3 Å². The molecule has 0 unspecified atom stereocenters. The molecule has 23 heavy (non-hydrogen) atoms. The summed E-state index contributed by atoms with van der Waals surface area (Å²) in [5.41, 5.74) is 1.23. The lowest BCUT2D eigenvalue weighted by Gasteiger charge is -2.07. The number of ether oxygens (including phenoxy) is 2. The molecule has 0 spiro atoms. The third-order valence-corrected chi connectivity index (χ3v) is 3.37. The van der Waals surface area contributed by atoms with Gasteiger partial charge in [0.15, 0.2) is 6.61 Å². The van der Waals surface area contributed by atoms with Gasteiger partial charge in [-0.15, -0.1) is 0 Å². The monoisotopic (exact) mass is 319 g/mol. The Labute approximate surface area is 134 Å². The first kappa shape index (κ1) is 16.9. The van der Waals surface area contributed by atoms with Crippen molar-refractivity contribution >= 4 is 22.8 Å². The zero-order chi connectivity index (χ0) is 17.0. The lowest BCUT2D eigenvalue weighted by Crippen LogP contribution is -2.31. The van der Waals surface area contributed by atoms with Crippen LogP contribution in [0.2, 0.25) is 0 Å². The topological polar surface area (TPSA) is 77.8 Å². The van der Waals surface area contributed by atoms with E-state index in [4.69, 9.17) is 13.9 Å². The minimum atomic E-state index is -0.655. The normalized spacial score (nSPS) is 10.8. The van der Waals surface area contributed by atoms with E-state index in [2.05, 4.69) is 5.32 Å². The summed E-state index contributed by atoms with van der Waals surface area (Å²) in [5, 5.41) is 3.46. The van der Waals surface area contributed by atoms with E-state index in [0.29, 0.717) is 29.4 Å². The second-order valence-corrected chi connectivity index (χ2v) is 5.69. The van der Waals surface area contributed by atoms with Crippen LogP contribution >= 0.6 is 0 Å². The van der Waals surface area contributed by atoms with Gasteiger partial charge in [-0.25, -0.2) is 4.79 Å². The van der Waals surface area contributed by atoms with Crippen molar-refractivity contribution in [3.63, 3.8) is 0 Å². The highest BCUT2D eigenvalue weighted by molar-refractivity contribution is 5.97. The highest BCUT2D eigenvalue weighted by atomic mass is 16.5. The molecule has 124 valence electrons. The molecule has 0 atom stereocenters. The fourth-order valence-electron chi connectivity index (χ4n) is 2.09. The van der Waals surface area contributed by atoms with Crippen molar-refractivity contribution < 1.29 is 23.5 Å². The summed E-state index contributed by atoms with van der Waals surface area (Å²) in [5.74, 6) is 0.126.